The van der Waals surface area contributed by atoms with E-state index in [4.69, 9.17) is 10.8 Å². The molecule has 6 nitrogen and oxygen atoms in total. The molecule has 0 aliphatic carbocycles. The van der Waals surface area contributed by atoms with Crippen LogP contribution in [-0.2, 0) is 0 Å². The number of primary amides is 1. The van der Waals surface area contributed by atoms with E-state index in [0.29, 0.717) is 29.9 Å². The summed E-state index contributed by atoms with van der Waals surface area (Å²) in [4.78, 5) is 29.5. The highest BCUT2D eigenvalue weighted by Crippen LogP contribution is 2.19. The number of nitrogens with zero attached hydrogens (tertiary/aromatic N) is 2. The van der Waals surface area contributed by atoms with Crippen LogP contribution in [0.5, 0.6) is 0 Å². The van der Waals surface area contributed by atoms with Crippen molar-refractivity contribution in [2.45, 2.75) is 13.3 Å². The normalized spacial score (nSPS) is 10.4. The molecule has 0 unspecified atom stereocenters. The van der Waals surface area contributed by atoms with Crippen molar-refractivity contribution >= 4 is 11.8 Å². The fourth-order valence-corrected chi connectivity index (χ4v) is 2.41. The molecule has 3 N–H and O–H groups in total. The monoisotopic (exact) mass is 327 g/mol. The summed E-state index contributed by atoms with van der Waals surface area (Å²) in [6.07, 6.45) is 2.24. The Morgan fingerprint density at radius 2 is 1.96 bits per heavy atom. The summed E-state index contributed by atoms with van der Waals surface area (Å²) in [6, 6.07) is 10.4. The third-order valence-corrected chi connectivity index (χ3v) is 3.60. The first-order valence-electron chi connectivity index (χ1n) is 7.83. The molecule has 2 aromatic rings. The van der Waals surface area contributed by atoms with E-state index in [9.17, 15) is 9.59 Å². The molecule has 6 heteroatoms. The third kappa shape index (κ3) is 4.17. The van der Waals surface area contributed by atoms with E-state index in [-0.39, 0.29) is 12.5 Å². The molecule has 0 fully saturated rings. The standard InChI is InChI=1S/C18H21N3O3/c1-2-8-21(9-10-22)18(24)14-5-3-4-13(11-14)16-7-6-15(12-20-16)17(19)23/h3-7,11-12,22H,2,8-10H2,1H3,(H2,19,23). The Balaban J connectivity index is 2.27. The summed E-state index contributed by atoms with van der Waals surface area (Å²) in [5.41, 5.74) is 7.51. The van der Waals surface area contributed by atoms with Crippen LogP contribution < -0.4 is 5.73 Å². The van der Waals surface area contributed by atoms with Crippen molar-refractivity contribution in [3.05, 3.63) is 53.7 Å². The van der Waals surface area contributed by atoms with E-state index < -0.39 is 5.91 Å². The number of benzene rings is 1. The zero-order valence-corrected chi connectivity index (χ0v) is 13.6. The molecular weight excluding hydrogens is 306 g/mol. The molecule has 0 aliphatic rings. The minimum absolute atomic E-state index is 0.0679. The summed E-state index contributed by atoms with van der Waals surface area (Å²) in [5, 5.41) is 9.12. The van der Waals surface area contributed by atoms with Crippen LogP contribution in [-0.4, -0.2) is 46.5 Å². The highest BCUT2D eigenvalue weighted by atomic mass is 16.3. The lowest BCUT2D eigenvalue weighted by atomic mass is 10.1. The van der Waals surface area contributed by atoms with Crippen molar-refractivity contribution in [3.8, 4) is 11.3 Å². The van der Waals surface area contributed by atoms with Gasteiger partial charge in [-0.25, -0.2) is 0 Å². The van der Waals surface area contributed by atoms with Crippen molar-refractivity contribution in [2.75, 3.05) is 19.7 Å². The lowest BCUT2D eigenvalue weighted by Gasteiger charge is -2.21. The molecule has 24 heavy (non-hydrogen) atoms. The largest absolute Gasteiger partial charge is 0.395 e. The number of hydrogen-bond donors (Lipinski definition) is 2. The molecule has 1 aromatic heterocycles. The Morgan fingerprint density at radius 3 is 2.54 bits per heavy atom. The molecule has 0 saturated heterocycles. The molecule has 2 rings (SSSR count). The summed E-state index contributed by atoms with van der Waals surface area (Å²) >= 11 is 0. The van der Waals surface area contributed by atoms with Gasteiger partial charge in [0.25, 0.3) is 5.91 Å². The van der Waals surface area contributed by atoms with Crippen LogP contribution >= 0.6 is 0 Å². The van der Waals surface area contributed by atoms with Gasteiger partial charge in [0, 0.05) is 30.4 Å². The number of aliphatic hydroxyl groups is 1. The predicted octanol–water partition coefficient (Wildman–Crippen LogP) is 1.69. The maximum absolute atomic E-state index is 12.6. The van der Waals surface area contributed by atoms with Crippen molar-refractivity contribution in [1.82, 2.24) is 9.88 Å². The highest BCUT2D eigenvalue weighted by molar-refractivity contribution is 5.95. The minimum atomic E-state index is -0.530. The smallest absolute Gasteiger partial charge is 0.253 e. The van der Waals surface area contributed by atoms with Crippen LogP contribution in [0.25, 0.3) is 11.3 Å². The van der Waals surface area contributed by atoms with E-state index in [0.717, 1.165) is 12.0 Å². The van der Waals surface area contributed by atoms with Crippen LogP contribution in [0.1, 0.15) is 34.1 Å². The molecule has 126 valence electrons. The fourth-order valence-electron chi connectivity index (χ4n) is 2.41. The molecule has 2 amide bonds. The second-order valence-electron chi connectivity index (χ2n) is 5.39. The lowest BCUT2D eigenvalue weighted by molar-refractivity contribution is 0.0722. The SMILES string of the molecule is CCCN(CCO)C(=O)c1cccc(-c2ccc(C(N)=O)cn2)c1. The van der Waals surface area contributed by atoms with E-state index >= 15 is 0 Å². The number of hydrogen-bond acceptors (Lipinski definition) is 4. The van der Waals surface area contributed by atoms with Crippen molar-refractivity contribution in [1.29, 1.82) is 0 Å². The maximum Gasteiger partial charge on any atom is 0.253 e. The Morgan fingerprint density at radius 1 is 1.17 bits per heavy atom. The molecule has 0 radical (unpaired) electrons. The molecule has 0 bridgehead atoms. The fraction of sp³-hybridized carbons (Fsp3) is 0.278. The van der Waals surface area contributed by atoms with Gasteiger partial charge in [-0.2, -0.15) is 0 Å². The number of rotatable bonds is 7. The molecule has 0 aliphatic heterocycles. The van der Waals surface area contributed by atoms with Crippen molar-refractivity contribution in [3.63, 3.8) is 0 Å². The third-order valence-electron chi connectivity index (χ3n) is 3.60. The lowest BCUT2D eigenvalue weighted by Crippen LogP contribution is -2.34. The average Bonchev–Trinajstić information content (AvgIpc) is 2.61. The Kier molecular flexibility index (Phi) is 6.03. The van der Waals surface area contributed by atoms with E-state index in [2.05, 4.69) is 4.98 Å². The van der Waals surface area contributed by atoms with E-state index in [1.165, 1.54) is 6.20 Å². The zero-order chi connectivity index (χ0) is 17.5. The van der Waals surface area contributed by atoms with Gasteiger partial charge < -0.3 is 15.7 Å². The molecular formula is C18H21N3O3. The number of nitrogens with two attached hydrogens (primary N) is 1. The van der Waals surface area contributed by atoms with Gasteiger partial charge in [0.15, 0.2) is 0 Å². The number of carbonyl (C=O) groups is 2. The van der Waals surface area contributed by atoms with Gasteiger partial charge in [0.2, 0.25) is 5.91 Å². The number of carbonyl (C=O) groups excluding carboxylic acids is 2. The van der Waals surface area contributed by atoms with Crippen LogP contribution in [0, 0.1) is 0 Å². The van der Waals surface area contributed by atoms with Crippen LogP contribution in [0.3, 0.4) is 0 Å². The molecule has 0 saturated carbocycles. The van der Waals surface area contributed by atoms with E-state index in [1.807, 2.05) is 13.0 Å². The van der Waals surface area contributed by atoms with Gasteiger partial charge in [-0.3, -0.25) is 14.6 Å². The Bertz CT molecular complexity index is 708. The van der Waals surface area contributed by atoms with Gasteiger partial charge in [-0.1, -0.05) is 19.1 Å². The maximum atomic E-state index is 12.6. The second kappa shape index (κ2) is 8.21. The first-order chi connectivity index (χ1) is 11.6. The first kappa shape index (κ1) is 17.6. The van der Waals surface area contributed by atoms with Crippen LogP contribution in [0.15, 0.2) is 42.6 Å². The summed E-state index contributed by atoms with van der Waals surface area (Å²) in [6.45, 7) is 2.82. The molecule has 1 heterocycles. The number of aromatic nitrogens is 1. The summed E-state index contributed by atoms with van der Waals surface area (Å²) in [5.74, 6) is -0.654. The van der Waals surface area contributed by atoms with Gasteiger partial charge >= 0.3 is 0 Å². The Labute approximate surface area is 140 Å². The zero-order valence-electron chi connectivity index (χ0n) is 13.6. The van der Waals surface area contributed by atoms with Gasteiger partial charge in [0.1, 0.15) is 0 Å². The second-order valence-corrected chi connectivity index (χ2v) is 5.39. The predicted molar refractivity (Wildman–Crippen MR) is 91.5 cm³/mol. The molecule has 0 spiro atoms. The topological polar surface area (TPSA) is 96.5 Å². The van der Waals surface area contributed by atoms with Crippen LogP contribution in [0.4, 0.5) is 0 Å². The molecule has 0 atom stereocenters. The van der Waals surface area contributed by atoms with Crippen molar-refractivity contribution < 1.29 is 14.7 Å². The number of amides is 2. The number of pyridine rings is 1. The highest BCUT2D eigenvalue weighted by Gasteiger charge is 2.15. The summed E-state index contributed by atoms with van der Waals surface area (Å²) in [7, 11) is 0. The van der Waals surface area contributed by atoms with E-state index in [1.54, 1.807) is 35.2 Å². The summed E-state index contributed by atoms with van der Waals surface area (Å²) < 4.78 is 0. The first-order valence-corrected chi connectivity index (χ1v) is 7.83. The van der Waals surface area contributed by atoms with Gasteiger partial charge in [-0.05, 0) is 30.7 Å². The molecule has 1 aromatic carbocycles. The minimum Gasteiger partial charge on any atom is -0.395 e. The van der Waals surface area contributed by atoms with Crippen molar-refractivity contribution in [2.24, 2.45) is 5.73 Å². The van der Waals surface area contributed by atoms with Gasteiger partial charge in [-0.15, -0.1) is 0 Å². The Hall–Kier alpha value is -2.73. The number of aliphatic hydroxyl groups excluding tert-OH is 1. The van der Waals surface area contributed by atoms with Gasteiger partial charge in [0.05, 0.1) is 17.9 Å². The quantitative estimate of drug-likeness (QED) is 0.809. The van der Waals surface area contributed by atoms with Crippen LogP contribution in [0.2, 0.25) is 0 Å². The average molecular weight is 327 g/mol.